The molecule has 0 N–H and O–H groups in total. The molecule has 0 spiro atoms. The molecule has 0 radical (unpaired) electrons. The lowest BCUT2D eigenvalue weighted by Gasteiger charge is -2.12. The maximum absolute atomic E-state index is 11.3. The van der Waals surface area contributed by atoms with Crippen molar-refractivity contribution < 1.29 is 9.09 Å². The van der Waals surface area contributed by atoms with E-state index in [-0.39, 0.29) is 0 Å². The Bertz CT molecular complexity index is 152. The van der Waals surface area contributed by atoms with Crippen LogP contribution >= 0.6 is 18.0 Å². The molecule has 0 aromatic carbocycles. The Balaban J connectivity index is 3.46. The molecule has 0 aromatic heterocycles. The second kappa shape index (κ2) is 5.20. The lowest BCUT2D eigenvalue weighted by atomic mass is 10.7. The standard InChI is InChI=1S/C6H16NO2PS/c1-7(2)5-6-11-10(4,8)9-3/h5-6H2,1-4H3/t10-/m0/s1. The lowest BCUT2D eigenvalue weighted by molar-refractivity contribution is 0.413. The third-order valence-corrected chi connectivity index (χ3v) is 5.10. The van der Waals surface area contributed by atoms with Gasteiger partial charge in [-0.1, -0.05) is 11.4 Å². The largest absolute Gasteiger partial charge is 0.325 e. The summed E-state index contributed by atoms with van der Waals surface area (Å²) in [5.74, 6) is 0.856. The van der Waals surface area contributed by atoms with Gasteiger partial charge in [-0.25, -0.2) is 0 Å². The second-order valence-electron chi connectivity index (χ2n) is 2.59. The van der Waals surface area contributed by atoms with Crippen LogP contribution in [0.5, 0.6) is 0 Å². The third kappa shape index (κ3) is 6.88. The van der Waals surface area contributed by atoms with Gasteiger partial charge >= 0.3 is 0 Å². The minimum Gasteiger partial charge on any atom is -0.325 e. The van der Waals surface area contributed by atoms with Crippen LogP contribution in [-0.2, 0) is 9.09 Å². The number of hydrogen-bond donors (Lipinski definition) is 0. The van der Waals surface area contributed by atoms with E-state index in [0.29, 0.717) is 0 Å². The molecule has 0 aliphatic carbocycles. The summed E-state index contributed by atoms with van der Waals surface area (Å²) in [6.45, 7) is 0.243. The highest BCUT2D eigenvalue weighted by atomic mass is 32.7. The molecule has 0 aliphatic heterocycles. The third-order valence-electron chi connectivity index (χ3n) is 1.20. The summed E-state index contributed by atoms with van der Waals surface area (Å²) in [6, 6.07) is 0. The summed E-state index contributed by atoms with van der Waals surface area (Å²) in [6.07, 6.45) is 0. The molecular weight excluding hydrogens is 181 g/mol. The fourth-order valence-electron chi connectivity index (χ4n) is 0.442. The van der Waals surface area contributed by atoms with Crippen LogP contribution in [-0.4, -0.2) is 45.1 Å². The maximum Gasteiger partial charge on any atom is 0.254 e. The normalized spacial score (nSPS) is 16.8. The predicted molar refractivity (Wildman–Crippen MR) is 51.6 cm³/mol. The van der Waals surface area contributed by atoms with Crippen LogP contribution in [0.15, 0.2) is 0 Å². The van der Waals surface area contributed by atoms with Gasteiger partial charge in [0.15, 0.2) is 0 Å². The molecule has 0 saturated carbocycles. The number of rotatable bonds is 5. The van der Waals surface area contributed by atoms with Crippen molar-refractivity contribution in [3.63, 3.8) is 0 Å². The van der Waals surface area contributed by atoms with E-state index in [4.69, 9.17) is 4.52 Å². The Morgan fingerprint density at radius 2 is 2.09 bits per heavy atom. The van der Waals surface area contributed by atoms with Gasteiger partial charge in [-0.05, 0) is 14.1 Å². The molecule has 0 bridgehead atoms. The van der Waals surface area contributed by atoms with Crippen molar-refractivity contribution >= 4 is 18.0 Å². The van der Waals surface area contributed by atoms with E-state index in [2.05, 4.69) is 4.90 Å². The molecule has 0 fully saturated rings. The van der Waals surface area contributed by atoms with E-state index in [1.807, 2.05) is 14.1 Å². The molecule has 0 aromatic rings. The fourth-order valence-corrected chi connectivity index (χ4v) is 2.88. The highest BCUT2D eigenvalue weighted by Crippen LogP contribution is 2.55. The Hall–Kier alpha value is 0.500. The smallest absolute Gasteiger partial charge is 0.254 e. The van der Waals surface area contributed by atoms with E-state index < -0.39 is 6.57 Å². The van der Waals surface area contributed by atoms with Gasteiger partial charge in [0.25, 0.3) is 6.57 Å². The van der Waals surface area contributed by atoms with Gasteiger partial charge in [-0.2, -0.15) is 0 Å². The van der Waals surface area contributed by atoms with Gasteiger partial charge in [0.2, 0.25) is 0 Å². The molecule has 0 unspecified atom stereocenters. The predicted octanol–water partition coefficient (Wildman–Crippen LogP) is 1.75. The van der Waals surface area contributed by atoms with Crippen molar-refractivity contribution in [3.8, 4) is 0 Å². The fraction of sp³-hybridized carbons (Fsp3) is 1.00. The molecule has 68 valence electrons. The van der Waals surface area contributed by atoms with Crippen molar-refractivity contribution in [2.24, 2.45) is 0 Å². The van der Waals surface area contributed by atoms with E-state index in [0.717, 1.165) is 12.3 Å². The first-order chi connectivity index (χ1) is 4.98. The first kappa shape index (κ1) is 11.5. The molecule has 3 nitrogen and oxygen atoms in total. The van der Waals surface area contributed by atoms with Crippen molar-refractivity contribution in [1.82, 2.24) is 4.90 Å². The Morgan fingerprint density at radius 3 is 2.45 bits per heavy atom. The summed E-state index contributed by atoms with van der Waals surface area (Å²) in [4.78, 5) is 2.06. The van der Waals surface area contributed by atoms with Crippen LogP contribution in [0.2, 0.25) is 0 Å². The highest BCUT2D eigenvalue weighted by molar-refractivity contribution is 8.56. The van der Waals surface area contributed by atoms with Crippen molar-refractivity contribution in [2.45, 2.75) is 0 Å². The zero-order chi connectivity index (χ0) is 8.91. The first-order valence-electron chi connectivity index (χ1n) is 3.40. The monoisotopic (exact) mass is 197 g/mol. The lowest BCUT2D eigenvalue weighted by Crippen LogP contribution is -2.14. The summed E-state index contributed by atoms with van der Waals surface area (Å²) in [5.41, 5.74) is 0. The molecule has 0 heterocycles. The SMILES string of the molecule is CO[P@](C)(=O)SCCN(C)C. The highest BCUT2D eigenvalue weighted by Gasteiger charge is 2.13. The quantitative estimate of drug-likeness (QED) is 0.628. The Morgan fingerprint density at radius 1 is 1.55 bits per heavy atom. The maximum atomic E-state index is 11.3. The Kier molecular flexibility index (Phi) is 5.44. The van der Waals surface area contributed by atoms with E-state index >= 15 is 0 Å². The average molecular weight is 197 g/mol. The van der Waals surface area contributed by atoms with Gasteiger partial charge in [0.1, 0.15) is 0 Å². The van der Waals surface area contributed by atoms with Crippen LogP contribution in [0.3, 0.4) is 0 Å². The average Bonchev–Trinajstić information content (AvgIpc) is 1.87. The van der Waals surface area contributed by atoms with Gasteiger partial charge < -0.3 is 9.42 Å². The van der Waals surface area contributed by atoms with Gasteiger partial charge in [-0.15, -0.1) is 0 Å². The topological polar surface area (TPSA) is 29.5 Å². The van der Waals surface area contributed by atoms with E-state index in [1.165, 1.54) is 18.5 Å². The molecule has 5 heteroatoms. The molecule has 11 heavy (non-hydrogen) atoms. The molecule has 0 aliphatic rings. The zero-order valence-corrected chi connectivity index (χ0v) is 9.24. The Labute approximate surface area is 72.7 Å². The summed E-state index contributed by atoms with van der Waals surface area (Å²) >= 11 is 1.40. The minimum absolute atomic E-state index is 0.856. The molecule has 1 atom stereocenters. The van der Waals surface area contributed by atoms with Crippen LogP contribution < -0.4 is 0 Å². The molecular formula is C6H16NO2PS. The summed E-state index contributed by atoms with van der Waals surface area (Å²) in [5, 5.41) is 0. The van der Waals surface area contributed by atoms with Crippen molar-refractivity contribution in [1.29, 1.82) is 0 Å². The van der Waals surface area contributed by atoms with Crippen LogP contribution in [0, 0.1) is 0 Å². The van der Waals surface area contributed by atoms with Crippen molar-refractivity contribution in [2.75, 3.05) is 40.2 Å². The van der Waals surface area contributed by atoms with Crippen molar-refractivity contribution in [3.05, 3.63) is 0 Å². The van der Waals surface area contributed by atoms with Crippen LogP contribution in [0.4, 0.5) is 0 Å². The molecule has 0 amide bonds. The zero-order valence-electron chi connectivity index (χ0n) is 7.53. The minimum atomic E-state index is -2.34. The van der Waals surface area contributed by atoms with Crippen LogP contribution in [0.25, 0.3) is 0 Å². The number of hydrogen-bond acceptors (Lipinski definition) is 4. The van der Waals surface area contributed by atoms with Gasteiger partial charge in [0, 0.05) is 26.1 Å². The molecule has 0 rings (SSSR count). The molecule has 0 saturated heterocycles. The van der Waals surface area contributed by atoms with Gasteiger partial charge in [-0.3, -0.25) is 4.57 Å². The first-order valence-corrected chi connectivity index (χ1v) is 7.07. The van der Waals surface area contributed by atoms with Crippen LogP contribution in [0.1, 0.15) is 0 Å². The van der Waals surface area contributed by atoms with Gasteiger partial charge in [0.05, 0.1) is 0 Å². The summed E-state index contributed by atoms with van der Waals surface area (Å²) < 4.78 is 16.1. The number of nitrogens with zero attached hydrogens (tertiary/aromatic N) is 1. The summed E-state index contributed by atoms with van der Waals surface area (Å²) in [7, 11) is 5.48. The van der Waals surface area contributed by atoms with E-state index in [1.54, 1.807) is 6.66 Å². The second-order valence-corrected chi connectivity index (χ2v) is 7.93. The van der Waals surface area contributed by atoms with E-state index in [9.17, 15) is 4.57 Å².